The smallest absolute Gasteiger partial charge is 0.333 e. The quantitative estimate of drug-likeness (QED) is 0.434. The van der Waals surface area contributed by atoms with Crippen molar-refractivity contribution in [1.82, 2.24) is 4.90 Å². The van der Waals surface area contributed by atoms with Crippen molar-refractivity contribution in [3.63, 3.8) is 0 Å². The van der Waals surface area contributed by atoms with E-state index < -0.39 is 13.4 Å². The molecule has 8 heteroatoms. The molecule has 2 unspecified atom stereocenters. The number of hydrogen-bond donors (Lipinski definition) is 1. The molecule has 5 nitrogen and oxygen atoms in total. The molecule has 0 aromatic heterocycles. The molecule has 0 radical (unpaired) electrons. The first-order chi connectivity index (χ1) is 12.7. The second-order valence-corrected chi connectivity index (χ2v) is 11.6. The second kappa shape index (κ2) is 9.27. The Bertz CT molecular complexity index is 675. The molecule has 1 aliphatic heterocycles. The number of hydrogen-bond acceptors (Lipinski definition) is 5. The molecule has 1 N–H and O–H groups in total. The van der Waals surface area contributed by atoms with Gasteiger partial charge in [-0.15, -0.1) is 11.8 Å². The Morgan fingerprint density at radius 1 is 1.26 bits per heavy atom. The van der Waals surface area contributed by atoms with Crippen LogP contribution in [0.25, 0.3) is 0 Å². The number of anilines is 1. The molecule has 0 spiro atoms. The topological polar surface area (TPSA) is 50.8 Å². The van der Waals surface area contributed by atoms with Crippen LogP contribution in [0, 0.1) is 5.92 Å². The standard InChI is InChI=1S/C19H31N2O3PS2/c1-7-23-25(22,24-8-2)17-19(5,6)27-16(14(3)4)21(17)18(26)20-15-12-10-9-11-13-15/h9-14,16-17H,7-8H2,1-6H3,(H,20,26). The normalized spacial score (nSPS) is 22.3. The van der Waals surface area contributed by atoms with E-state index in [1.165, 1.54) is 0 Å². The largest absolute Gasteiger partial charge is 0.354 e. The van der Waals surface area contributed by atoms with Gasteiger partial charge in [0.2, 0.25) is 0 Å². The summed E-state index contributed by atoms with van der Waals surface area (Å²) in [4.78, 5) is 2.05. The highest BCUT2D eigenvalue weighted by atomic mass is 32.2. The van der Waals surface area contributed by atoms with Crippen LogP contribution in [0.5, 0.6) is 0 Å². The molecule has 27 heavy (non-hydrogen) atoms. The highest BCUT2D eigenvalue weighted by molar-refractivity contribution is 8.02. The summed E-state index contributed by atoms with van der Waals surface area (Å²) in [5.41, 5.74) is 0.904. The summed E-state index contributed by atoms with van der Waals surface area (Å²) in [7, 11) is -3.40. The second-order valence-electron chi connectivity index (χ2n) is 7.31. The third-order valence-electron chi connectivity index (χ3n) is 4.33. The van der Waals surface area contributed by atoms with Crippen LogP contribution in [0.4, 0.5) is 5.69 Å². The first-order valence-corrected chi connectivity index (χ1v) is 12.3. The summed E-state index contributed by atoms with van der Waals surface area (Å²) < 4.78 is 24.9. The van der Waals surface area contributed by atoms with Crippen LogP contribution in [0.3, 0.4) is 0 Å². The van der Waals surface area contributed by atoms with Crippen molar-refractivity contribution >= 4 is 42.4 Å². The van der Waals surface area contributed by atoms with Crippen LogP contribution in [-0.2, 0) is 13.6 Å². The van der Waals surface area contributed by atoms with Gasteiger partial charge >= 0.3 is 7.60 Å². The lowest BCUT2D eigenvalue weighted by Crippen LogP contribution is -2.49. The molecule has 2 atom stereocenters. The van der Waals surface area contributed by atoms with E-state index in [0.717, 1.165) is 5.69 Å². The predicted molar refractivity (Wildman–Crippen MR) is 119 cm³/mol. The van der Waals surface area contributed by atoms with Crippen molar-refractivity contribution in [2.75, 3.05) is 18.5 Å². The van der Waals surface area contributed by atoms with Crippen LogP contribution in [0.1, 0.15) is 41.5 Å². The van der Waals surface area contributed by atoms with E-state index >= 15 is 0 Å². The maximum atomic E-state index is 13.8. The predicted octanol–water partition coefficient (Wildman–Crippen LogP) is 5.79. The Hall–Kier alpha value is -0.590. The van der Waals surface area contributed by atoms with Gasteiger partial charge in [0, 0.05) is 10.4 Å². The molecule has 1 aromatic carbocycles. The Morgan fingerprint density at radius 2 is 1.81 bits per heavy atom. The zero-order valence-corrected chi connectivity index (χ0v) is 19.5. The fourth-order valence-corrected chi connectivity index (χ4v) is 8.38. The van der Waals surface area contributed by atoms with Gasteiger partial charge in [-0.3, -0.25) is 4.57 Å². The Labute approximate surface area is 173 Å². The summed E-state index contributed by atoms with van der Waals surface area (Å²) in [6.07, 6.45) is 0. The van der Waals surface area contributed by atoms with Gasteiger partial charge in [-0.1, -0.05) is 32.0 Å². The van der Waals surface area contributed by atoms with E-state index in [9.17, 15) is 4.57 Å². The summed E-state index contributed by atoms with van der Waals surface area (Å²) in [6.45, 7) is 12.8. The van der Waals surface area contributed by atoms with E-state index in [1.807, 2.05) is 49.1 Å². The van der Waals surface area contributed by atoms with Crippen molar-refractivity contribution in [2.24, 2.45) is 5.92 Å². The molecular formula is C19H31N2O3PS2. The minimum atomic E-state index is -3.40. The number of benzene rings is 1. The Balaban J connectivity index is 2.45. The average molecular weight is 431 g/mol. The van der Waals surface area contributed by atoms with Crippen molar-refractivity contribution in [3.05, 3.63) is 30.3 Å². The summed E-state index contributed by atoms with van der Waals surface area (Å²) in [5.74, 6) is -0.155. The number of nitrogens with zero attached hydrogens (tertiary/aromatic N) is 1. The lowest BCUT2D eigenvalue weighted by Gasteiger charge is -2.39. The third kappa shape index (κ3) is 5.07. The minimum Gasteiger partial charge on any atom is -0.333 e. The maximum absolute atomic E-state index is 13.8. The van der Waals surface area contributed by atoms with E-state index in [1.54, 1.807) is 11.8 Å². The van der Waals surface area contributed by atoms with E-state index in [0.29, 0.717) is 24.2 Å². The Morgan fingerprint density at radius 3 is 2.30 bits per heavy atom. The average Bonchev–Trinajstić information content (AvgIpc) is 2.88. The maximum Gasteiger partial charge on any atom is 0.354 e. The number of thioether (sulfide) groups is 1. The molecule has 0 saturated carbocycles. The summed E-state index contributed by atoms with van der Waals surface area (Å²) in [5, 5.41) is 3.92. The Kier molecular flexibility index (Phi) is 7.79. The number of rotatable bonds is 7. The molecule has 0 amide bonds. The molecule has 2 rings (SSSR count). The fourth-order valence-electron chi connectivity index (χ4n) is 3.37. The van der Waals surface area contributed by atoms with Gasteiger partial charge in [-0.05, 0) is 58.0 Å². The highest BCUT2D eigenvalue weighted by Crippen LogP contribution is 2.65. The summed E-state index contributed by atoms with van der Waals surface area (Å²) in [6, 6.07) is 9.79. The van der Waals surface area contributed by atoms with Gasteiger partial charge in [-0.2, -0.15) is 0 Å². The van der Waals surface area contributed by atoms with Crippen LogP contribution >= 0.6 is 31.6 Å². The molecule has 1 aromatic rings. The molecule has 1 saturated heterocycles. The van der Waals surface area contributed by atoms with Crippen molar-refractivity contribution in [2.45, 2.75) is 57.4 Å². The zero-order chi connectivity index (χ0) is 20.2. The molecule has 152 valence electrons. The van der Waals surface area contributed by atoms with Crippen molar-refractivity contribution in [1.29, 1.82) is 0 Å². The van der Waals surface area contributed by atoms with E-state index in [-0.39, 0.29) is 10.1 Å². The molecule has 0 aliphatic carbocycles. The third-order valence-corrected chi connectivity index (χ3v) is 9.39. The van der Waals surface area contributed by atoms with Crippen LogP contribution < -0.4 is 5.32 Å². The molecular weight excluding hydrogens is 399 g/mol. The van der Waals surface area contributed by atoms with Crippen molar-refractivity contribution in [3.8, 4) is 0 Å². The highest BCUT2D eigenvalue weighted by Gasteiger charge is 2.58. The molecule has 1 aliphatic rings. The monoisotopic (exact) mass is 430 g/mol. The number of nitrogens with one attached hydrogen (secondary N) is 1. The van der Waals surface area contributed by atoms with Gasteiger partial charge in [-0.25, -0.2) is 0 Å². The molecule has 1 fully saturated rings. The number of thiocarbonyl (C=S) groups is 1. The lowest BCUT2D eigenvalue weighted by molar-refractivity contribution is 0.181. The SMILES string of the molecule is CCOP(=O)(OCC)C1N(C(=S)Nc2ccccc2)C(C(C)C)SC1(C)C. The van der Waals surface area contributed by atoms with Crippen LogP contribution in [0.15, 0.2) is 30.3 Å². The van der Waals surface area contributed by atoms with Gasteiger partial charge in [0.05, 0.1) is 18.6 Å². The van der Waals surface area contributed by atoms with Gasteiger partial charge in [0.1, 0.15) is 5.78 Å². The lowest BCUT2D eigenvalue weighted by atomic mass is 10.1. The van der Waals surface area contributed by atoms with E-state index in [2.05, 4.69) is 33.0 Å². The first kappa shape index (κ1) is 22.7. The van der Waals surface area contributed by atoms with Gasteiger partial charge in [0.25, 0.3) is 0 Å². The first-order valence-electron chi connectivity index (χ1n) is 9.37. The molecule has 1 heterocycles. The van der Waals surface area contributed by atoms with Crippen molar-refractivity contribution < 1.29 is 13.6 Å². The zero-order valence-electron chi connectivity index (χ0n) is 17.0. The van der Waals surface area contributed by atoms with E-state index in [4.69, 9.17) is 21.3 Å². The van der Waals surface area contributed by atoms with Crippen LogP contribution in [-0.4, -0.2) is 39.1 Å². The summed E-state index contributed by atoms with van der Waals surface area (Å²) >= 11 is 7.55. The van der Waals surface area contributed by atoms with Gasteiger partial charge in [0.15, 0.2) is 5.11 Å². The van der Waals surface area contributed by atoms with Crippen LogP contribution in [0.2, 0.25) is 0 Å². The minimum absolute atomic E-state index is 0.0722. The number of para-hydroxylation sites is 1. The molecule has 0 bridgehead atoms. The fraction of sp³-hybridized carbons (Fsp3) is 0.632. The van der Waals surface area contributed by atoms with Gasteiger partial charge < -0.3 is 19.3 Å².